The molecule has 0 spiro atoms. The highest BCUT2D eigenvalue weighted by molar-refractivity contribution is 4.90. The van der Waals surface area contributed by atoms with Crippen molar-refractivity contribution < 1.29 is 0 Å². The predicted octanol–water partition coefficient (Wildman–Crippen LogP) is 1.85. The van der Waals surface area contributed by atoms with Crippen molar-refractivity contribution in [3.05, 3.63) is 0 Å². The molecule has 18 heavy (non-hydrogen) atoms. The summed E-state index contributed by atoms with van der Waals surface area (Å²) in [5.41, 5.74) is 3.77. The highest BCUT2D eigenvalue weighted by Crippen LogP contribution is 2.22. The van der Waals surface area contributed by atoms with Gasteiger partial charge in [-0.1, -0.05) is 12.3 Å². The lowest BCUT2D eigenvalue weighted by molar-refractivity contribution is 0.0172. The fraction of sp³-hybridized carbons (Fsp3) is 0.867. The fourth-order valence-corrected chi connectivity index (χ4v) is 3.24. The van der Waals surface area contributed by atoms with Crippen molar-refractivity contribution in [1.82, 2.24) is 15.3 Å². The van der Waals surface area contributed by atoms with Crippen LogP contribution in [0.15, 0.2) is 0 Å². The van der Waals surface area contributed by atoms with E-state index in [1.54, 1.807) is 0 Å². The molecule has 3 nitrogen and oxygen atoms in total. The number of hydrazine groups is 1. The van der Waals surface area contributed by atoms with Gasteiger partial charge in [0.25, 0.3) is 0 Å². The number of rotatable bonds is 3. The molecule has 2 saturated heterocycles. The Hall–Kier alpha value is -0.560. The van der Waals surface area contributed by atoms with Crippen LogP contribution in [0.3, 0.4) is 0 Å². The van der Waals surface area contributed by atoms with Gasteiger partial charge in [-0.2, -0.15) is 0 Å². The highest BCUT2D eigenvalue weighted by Gasteiger charge is 2.28. The van der Waals surface area contributed by atoms with Crippen LogP contribution in [0.2, 0.25) is 0 Å². The molecule has 2 rings (SSSR count). The van der Waals surface area contributed by atoms with E-state index >= 15 is 0 Å². The van der Waals surface area contributed by atoms with E-state index in [-0.39, 0.29) is 0 Å². The first-order valence-corrected chi connectivity index (χ1v) is 7.41. The van der Waals surface area contributed by atoms with E-state index in [0.29, 0.717) is 18.1 Å². The molecular formula is C15H27N3. The van der Waals surface area contributed by atoms with E-state index in [1.807, 2.05) is 0 Å². The average Bonchev–Trinajstić information content (AvgIpc) is 2.36. The number of hydrogen-bond donors (Lipinski definition) is 1. The first kappa shape index (κ1) is 13.9. The van der Waals surface area contributed by atoms with Gasteiger partial charge in [0.1, 0.15) is 0 Å². The minimum atomic E-state index is 0.641. The van der Waals surface area contributed by atoms with E-state index in [2.05, 4.69) is 35.1 Å². The van der Waals surface area contributed by atoms with Crippen LogP contribution in [0.1, 0.15) is 46.0 Å². The molecule has 102 valence electrons. The van der Waals surface area contributed by atoms with Crippen LogP contribution >= 0.6 is 0 Å². The molecule has 2 fully saturated rings. The summed E-state index contributed by atoms with van der Waals surface area (Å²) >= 11 is 0. The van der Waals surface area contributed by atoms with Crippen molar-refractivity contribution in [3.63, 3.8) is 0 Å². The van der Waals surface area contributed by atoms with Crippen LogP contribution in [0, 0.1) is 12.3 Å². The zero-order valence-electron chi connectivity index (χ0n) is 11.9. The molecule has 0 aromatic heterocycles. The quantitative estimate of drug-likeness (QED) is 0.770. The van der Waals surface area contributed by atoms with Gasteiger partial charge in [-0.3, -0.25) is 10.3 Å². The second kappa shape index (κ2) is 6.56. The third kappa shape index (κ3) is 3.47. The maximum atomic E-state index is 5.36. The van der Waals surface area contributed by atoms with Gasteiger partial charge in [-0.15, -0.1) is 6.42 Å². The van der Waals surface area contributed by atoms with Crippen LogP contribution in [0.5, 0.6) is 0 Å². The smallest absolute Gasteiger partial charge is 0.0598 e. The third-order valence-electron chi connectivity index (χ3n) is 4.43. The van der Waals surface area contributed by atoms with Gasteiger partial charge >= 0.3 is 0 Å². The molecular weight excluding hydrogens is 222 g/mol. The van der Waals surface area contributed by atoms with Crippen LogP contribution in [0.25, 0.3) is 0 Å². The molecule has 0 saturated carbocycles. The topological polar surface area (TPSA) is 18.5 Å². The lowest BCUT2D eigenvalue weighted by atomic mass is 9.99. The number of nitrogens with one attached hydrogen (secondary N) is 1. The monoisotopic (exact) mass is 249 g/mol. The maximum Gasteiger partial charge on any atom is 0.0598 e. The summed E-state index contributed by atoms with van der Waals surface area (Å²) in [5, 5.41) is 2.50. The summed E-state index contributed by atoms with van der Waals surface area (Å²) in [5.74, 6) is 2.74. The molecule has 0 aromatic carbocycles. The van der Waals surface area contributed by atoms with Crippen molar-refractivity contribution >= 4 is 0 Å². The SMILES string of the molecule is C#CCN1CCC(NN2C(C)CCCC2C)CC1. The van der Waals surface area contributed by atoms with Crippen LogP contribution in [0.4, 0.5) is 0 Å². The Labute approximate surface area is 112 Å². The summed E-state index contributed by atoms with van der Waals surface area (Å²) in [6.07, 6.45) is 11.8. The van der Waals surface area contributed by atoms with Gasteiger partial charge in [-0.05, 0) is 39.5 Å². The van der Waals surface area contributed by atoms with Crippen molar-refractivity contribution in [2.45, 2.75) is 64.1 Å². The molecule has 0 amide bonds. The van der Waals surface area contributed by atoms with Gasteiger partial charge in [0.05, 0.1) is 6.54 Å². The molecule has 2 aliphatic heterocycles. The summed E-state index contributed by atoms with van der Waals surface area (Å²) in [6, 6.07) is 2.00. The van der Waals surface area contributed by atoms with E-state index in [9.17, 15) is 0 Å². The standard InChI is InChI=1S/C15H27N3/c1-4-10-17-11-8-15(9-12-17)16-18-13(2)6-5-7-14(18)3/h1,13-16H,5-12H2,2-3H3. The molecule has 0 aromatic rings. The molecule has 2 atom stereocenters. The van der Waals surface area contributed by atoms with E-state index < -0.39 is 0 Å². The molecule has 2 aliphatic rings. The third-order valence-corrected chi connectivity index (χ3v) is 4.43. The zero-order chi connectivity index (χ0) is 13.0. The highest BCUT2D eigenvalue weighted by atomic mass is 15.5. The summed E-state index contributed by atoms with van der Waals surface area (Å²) < 4.78 is 0. The van der Waals surface area contributed by atoms with Crippen molar-refractivity contribution in [2.75, 3.05) is 19.6 Å². The van der Waals surface area contributed by atoms with E-state index in [0.717, 1.165) is 19.6 Å². The van der Waals surface area contributed by atoms with Gasteiger partial charge in [-0.25, -0.2) is 5.01 Å². The number of piperidine rings is 2. The maximum absolute atomic E-state index is 5.36. The van der Waals surface area contributed by atoms with Crippen LogP contribution < -0.4 is 5.43 Å². The van der Waals surface area contributed by atoms with Crippen molar-refractivity contribution in [1.29, 1.82) is 0 Å². The lowest BCUT2D eigenvalue weighted by Gasteiger charge is -2.43. The zero-order valence-corrected chi connectivity index (χ0v) is 11.9. The lowest BCUT2D eigenvalue weighted by Crippen LogP contribution is -2.57. The van der Waals surface area contributed by atoms with E-state index in [4.69, 9.17) is 6.42 Å². The second-order valence-electron chi connectivity index (χ2n) is 5.92. The summed E-state index contributed by atoms with van der Waals surface area (Å²) in [4.78, 5) is 2.38. The molecule has 0 aliphatic carbocycles. The van der Waals surface area contributed by atoms with Gasteiger partial charge in [0.2, 0.25) is 0 Å². The predicted molar refractivity (Wildman–Crippen MR) is 76.0 cm³/mol. The average molecular weight is 249 g/mol. The summed E-state index contributed by atoms with van der Waals surface area (Å²) in [7, 11) is 0. The molecule has 2 unspecified atom stereocenters. The molecule has 1 N–H and O–H groups in total. The Kier molecular flexibility index (Phi) is 5.05. The number of hydrogen-bond acceptors (Lipinski definition) is 3. The normalized spacial score (nSPS) is 32.3. The van der Waals surface area contributed by atoms with Gasteiger partial charge < -0.3 is 0 Å². The molecule has 2 heterocycles. The minimum Gasteiger partial charge on any atom is -0.292 e. The first-order valence-electron chi connectivity index (χ1n) is 7.41. The Morgan fingerprint density at radius 2 is 1.72 bits per heavy atom. The summed E-state index contributed by atoms with van der Waals surface area (Å²) in [6.45, 7) is 7.77. The Bertz CT molecular complexity index is 279. The second-order valence-corrected chi connectivity index (χ2v) is 5.92. The Morgan fingerprint density at radius 1 is 1.11 bits per heavy atom. The fourth-order valence-electron chi connectivity index (χ4n) is 3.24. The molecule has 0 radical (unpaired) electrons. The van der Waals surface area contributed by atoms with Crippen molar-refractivity contribution in [2.24, 2.45) is 0 Å². The Morgan fingerprint density at radius 3 is 2.28 bits per heavy atom. The molecule has 0 bridgehead atoms. The number of terminal acetylenes is 1. The molecule has 3 heteroatoms. The first-order chi connectivity index (χ1) is 8.70. The Balaban J connectivity index is 1.78. The van der Waals surface area contributed by atoms with Gasteiger partial charge in [0.15, 0.2) is 0 Å². The largest absolute Gasteiger partial charge is 0.292 e. The number of likely N-dealkylation sites (tertiary alicyclic amines) is 1. The minimum absolute atomic E-state index is 0.641. The number of nitrogens with zero attached hydrogens (tertiary/aromatic N) is 2. The van der Waals surface area contributed by atoms with E-state index in [1.165, 1.54) is 32.1 Å². The van der Waals surface area contributed by atoms with Crippen molar-refractivity contribution in [3.8, 4) is 12.3 Å². The van der Waals surface area contributed by atoms with Gasteiger partial charge in [0, 0.05) is 31.2 Å². The van der Waals surface area contributed by atoms with Crippen LogP contribution in [-0.4, -0.2) is 47.7 Å². The van der Waals surface area contributed by atoms with Crippen LogP contribution in [-0.2, 0) is 0 Å².